The van der Waals surface area contributed by atoms with Crippen molar-refractivity contribution in [3.05, 3.63) is 41.6 Å². The standard InChI is InChI=1S/C13H12N2O3/c1-9(16)10-3-5-12(6-4-10)15-8-11(7-14)13(17)18-2/h3-6,8,15H,1-2H3/b11-8-. The van der Waals surface area contributed by atoms with Gasteiger partial charge < -0.3 is 10.1 Å². The lowest BCUT2D eigenvalue weighted by Crippen LogP contribution is -2.05. The fourth-order valence-electron chi connectivity index (χ4n) is 1.20. The first-order valence-corrected chi connectivity index (χ1v) is 5.14. The van der Waals surface area contributed by atoms with E-state index in [1.54, 1.807) is 30.3 Å². The second kappa shape index (κ2) is 6.21. The van der Waals surface area contributed by atoms with Crippen LogP contribution in [-0.4, -0.2) is 18.9 Å². The van der Waals surface area contributed by atoms with Crippen LogP contribution in [0.3, 0.4) is 0 Å². The van der Waals surface area contributed by atoms with Gasteiger partial charge in [-0.2, -0.15) is 5.26 Å². The van der Waals surface area contributed by atoms with Crippen LogP contribution >= 0.6 is 0 Å². The summed E-state index contributed by atoms with van der Waals surface area (Å²) in [5.74, 6) is -0.727. The Morgan fingerprint density at radius 2 is 1.94 bits per heavy atom. The second-order valence-corrected chi connectivity index (χ2v) is 3.44. The van der Waals surface area contributed by atoms with Crippen LogP contribution < -0.4 is 5.32 Å². The average molecular weight is 244 g/mol. The maximum atomic E-state index is 11.1. The molecule has 0 saturated heterocycles. The lowest BCUT2D eigenvalue weighted by molar-refractivity contribution is -0.135. The average Bonchev–Trinajstić information content (AvgIpc) is 2.39. The monoisotopic (exact) mass is 244 g/mol. The highest BCUT2D eigenvalue weighted by Crippen LogP contribution is 2.10. The molecule has 1 N–H and O–H groups in total. The third-order valence-electron chi connectivity index (χ3n) is 2.20. The van der Waals surface area contributed by atoms with Crippen molar-refractivity contribution in [2.24, 2.45) is 0 Å². The molecule has 0 unspecified atom stereocenters. The molecule has 0 fully saturated rings. The van der Waals surface area contributed by atoms with E-state index in [1.165, 1.54) is 20.2 Å². The summed E-state index contributed by atoms with van der Waals surface area (Å²) in [4.78, 5) is 22.2. The molecule has 0 heterocycles. The van der Waals surface area contributed by atoms with Gasteiger partial charge in [0.1, 0.15) is 6.07 Å². The quantitative estimate of drug-likeness (QED) is 0.378. The van der Waals surface area contributed by atoms with Crippen LogP contribution in [-0.2, 0) is 9.53 Å². The molecule has 0 atom stereocenters. The molecule has 0 aliphatic rings. The van der Waals surface area contributed by atoms with Gasteiger partial charge >= 0.3 is 5.97 Å². The highest BCUT2D eigenvalue weighted by atomic mass is 16.5. The first-order valence-electron chi connectivity index (χ1n) is 5.14. The summed E-state index contributed by atoms with van der Waals surface area (Å²) >= 11 is 0. The van der Waals surface area contributed by atoms with Crippen LogP contribution in [0, 0.1) is 11.3 Å². The van der Waals surface area contributed by atoms with Crippen molar-refractivity contribution in [3.63, 3.8) is 0 Å². The number of anilines is 1. The van der Waals surface area contributed by atoms with E-state index in [1.807, 2.05) is 0 Å². The minimum Gasteiger partial charge on any atom is -0.465 e. The van der Waals surface area contributed by atoms with Crippen molar-refractivity contribution in [1.29, 1.82) is 5.26 Å². The summed E-state index contributed by atoms with van der Waals surface area (Å²) < 4.78 is 4.43. The SMILES string of the molecule is COC(=O)/C(C#N)=C\Nc1ccc(C(C)=O)cc1. The number of carbonyl (C=O) groups excluding carboxylic acids is 2. The van der Waals surface area contributed by atoms with Crippen molar-refractivity contribution in [2.45, 2.75) is 6.92 Å². The Morgan fingerprint density at radius 1 is 1.33 bits per heavy atom. The molecule has 0 radical (unpaired) electrons. The lowest BCUT2D eigenvalue weighted by atomic mass is 10.1. The van der Waals surface area contributed by atoms with Gasteiger partial charge in [0.15, 0.2) is 11.4 Å². The Bertz CT molecular complexity index is 524. The molecule has 0 amide bonds. The Kier molecular flexibility index (Phi) is 4.64. The zero-order chi connectivity index (χ0) is 13.5. The Labute approximate surface area is 105 Å². The van der Waals surface area contributed by atoms with E-state index in [0.717, 1.165) is 0 Å². The van der Waals surface area contributed by atoms with Crippen molar-refractivity contribution in [2.75, 3.05) is 12.4 Å². The summed E-state index contributed by atoms with van der Waals surface area (Å²) in [6, 6.07) is 8.39. The molecule has 1 aromatic rings. The zero-order valence-corrected chi connectivity index (χ0v) is 10.1. The normalized spacial score (nSPS) is 10.4. The molecule has 0 aliphatic heterocycles. The number of ether oxygens (including phenoxy) is 1. The van der Waals surface area contributed by atoms with E-state index >= 15 is 0 Å². The minimum absolute atomic E-state index is 0.0237. The van der Waals surface area contributed by atoms with Gasteiger partial charge in [0, 0.05) is 17.5 Å². The molecule has 0 saturated carbocycles. The van der Waals surface area contributed by atoms with Gasteiger partial charge in [-0.3, -0.25) is 4.79 Å². The summed E-state index contributed by atoms with van der Waals surface area (Å²) in [6.45, 7) is 1.48. The molecule has 0 bridgehead atoms. The number of nitriles is 1. The van der Waals surface area contributed by atoms with Crippen LogP contribution in [0.1, 0.15) is 17.3 Å². The molecule has 0 aliphatic carbocycles. The number of carbonyl (C=O) groups is 2. The van der Waals surface area contributed by atoms with E-state index in [2.05, 4.69) is 10.1 Å². The maximum absolute atomic E-state index is 11.1. The molecule has 0 spiro atoms. The Hall–Kier alpha value is -2.61. The number of nitrogens with one attached hydrogen (secondary N) is 1. The number of nitrogens with zero attached hydrogens (tertiary/aromatic N) is 1. The van der Waals surface area contributed by atoms with E-state index in [-0.39, 0.29) is 11.4 Å². The number of rotatable bonds is 4. The van der Waals surface area contributed by atoms with Gasteiger partial charge in [-0.05, 0) is 31.2 Å². The third-order valence-corrected chi connectivity index (χ3v) is 2.20. The number of ketones is 1. The van der Waals surface area contributed by atoms with Gasteiger partial charge in [0.25, 0.3) is 0 Å². The first-order chi connectivity index (χ1) is 8.58. The fourth-order valence-corrected chi connectivity index (χ4v) is 1.20. The van der Waals surface area contributed by atoms with Gasteiger partial charge in [-0.1, -0.05) is 0 Å². The van der Waals surface area contributed by atoms with Crippen molar-refractivity contribution >= 4 is 17.4 Å². The smallest absolute Gasteiger partial charge is 0.350 e. The third kappa shape index (κ3) is 3.46. The highest BCUT2D eigenvalue weighted by molar-refractivity contribution is 5.94. The Balaban J connectivity index is 2.80. The number of hydrogen-bond acceptors (Lipinski definition) is 5. The molecule has 5 nitrogen and oxygen atoms in total. The van der Waals surface area contributed by atoms with Crippen LogP contribution in [0.5, 0.6) is 0 Å². The van der Waals surface area contributed by atoms with E-state index in [9.17, 15) is 9.59 Å². The molecule has 0 aromatic heterocycles. The number of benzene rings is 1. The molecule has 5 heteroatoms. The number of hydrogen-bond donors (Lipinski definition) is 1. The predicted molar refractivity (Wildman–Crippen MR) is 65.8 cm³/mol. The fraction of sp³-hybridized carbons (Fsp3) is 0.154. The number of Topliss-reactive ketones (excluding diaryl/α,β-unsaturated/α-hetero) is 1. The molecule has 92 valence electrons. The largest absolute Gasteiger partial charge is 0.465 e. The zero-order valence-electron chi connectivity index (χ0n) is 10.1. The summed E-state index contributed by atoms with van der Waals surface area (Å²) in [5.41, 5.74) is 1.13. The summed E-state index contributed by atoms with van der Waals surface area (Å²) in [7, 11) is 1.20. The van der Waals surface area contributed by atoms with Crippen LogP contribution in [0.2, 0.25) is 0 Å². The summed E-state index contributed by atoms with van der Waals surface area (Å²) in [6.07, 6.45) is 1.26. The molecular weight excluding hydrogens is 232 g/mol. The number of methoxy groups -OCH3 is 1. The molecular formula is C13H12N2O3. The highest BCUT2D eigenvalue weighted by Gasteiger charge is 2.07. The van der Waals surface area contributed by atoms with E-state index < -0.39 is 5.97 Å². The van der Waals surface area contributed by atoms with E-state index in [0.29, 0.717) is 11.3 Å². The topological polar surface area (TPSA) is 79.2 Å². The van der Waals surface area contributed by atoms with E-state index in [4.69, 9.17) is 5.26 Å². The maximum Gasteiger partial charge on any atom is 0.350 e. The van der Waals surface area contributed by atoms with Crippen molar-refractivity contribution < 1.29 is 14.3 Å². The van der Waals surface area contributed by atoms with Crippen molar-refractivity contribution in [1.82, 2.24) is 0 Å². The first kappa shape index (κ1) is 13.5. The summed E-state index contributed by atoms with van der Waals surface area (Å²) in [5, 5.41) is 11.5. The van der Waals surface area contributed by atoms with Crippen LogP contribution in [0.25, 0.3) is 0 Å². The van der Waals surface area contributed by atoms with Crippen LogP contribution in [0.15, 0.2) is 36.0 Å². The van der Waals surface area contributed by atoms with Gasteiger partial charge in [0.05, 0.1) is 7.11 Å². The van der Waals surface area contributed by atoms with Gasteiger partial charge in [-0.25, -0.2) is 4.79 Å². The molecule has 1 rings (SSSR count). The van der Waals surface area contributed by atoms with Crippen LogP contribution in [0.4, 0.5) is 5.69 Å². The van der Waals surface area contributed by atoms with Gasteiger partial charge in [0.2, 0.25) is 0 Å². The molecule has 18 heavy (non-hydrogen) atoms. The van der Waals surface area contributed by atoms with Gasteiger partial charge in [-0.15, -0.1) is 0 Å². The molecule has 1 aromatic carbocycles. The predicted octanol–water partition coefficient (Wildman–Crippen LogP) is 1.88. The minimum atomic E-state index is -0.703. The second-order valence-electron chi connectivity index (χ2n) is 3.44. The number of esters is 1. The van der Waals surface area contributed by atoms with Crippen molar-refractivity contribution in [3.8, 4) is 6.07 Å². The lowest BCUT2D eigenvalue weighted by Gasteiger charge is -2.02. The Morgan fingerprint density at radius 3 is 2.39 bits per heavy atom.